The van der Waals surface area contributed by atoms with Crippen LogP contribution in [0.3, 0.4) is 0 Å². The number of carbonyl (C=O) groups is 2. The van der Waals surface area contributed by atoms with Crippen molar-refractivity contribution in [1.29, 1.82) is 0 Å². The van der Waals surface area contributed by atoms with E-state index < -0.39 is 17.9 Å². The maximum atomic E-state index is 12.3. The van der Waals surface area contributed by atoms with Gasteiger partial charge in [-0.25, -0.2) is 4.79 Å². The molecule has 0 aromatic heterocycles. The van der Waals surface area contributed by atoms with Crippen LogP contribution in [0, 0.1) is 0 Å². The fraction of sp³-hybridized carbons (Fsp3) is 0.125. The standard InChI is InChI=1S/C16H12Br3NO3/c17-11-5-10(6-12(18)8-11)15(21)20-14(16(22)23)7-9-3-1-2-4-13(9)19/h1-6,8,14H,7H2,(H,20,21)(H,22,23)/t14-/m1/s1. The summed E-state index contributed by atoms with van der Waals surface area (Å²) in [5.41, 5.74) is 1.19. The van der Waals surface area contributed by atoms with E-state index in [9.17, 15) is 14.7 Å². The summed E-state index contributed by atoms with van der Waals surface area (Å²) in [5, 5.41) is 11.9. The molecule has 0 radical (unpaired) electrons. The zero-order valence-electron chi connectivity index (χ0n) is 11.7. The molecule has 0 heterocycles. The fourth-order valence-corrected chi connectivity index (χ4v) is 3.75. The Labute approximate surface area is 158 Å². The van der Waals surface area contributed by atoms with E-state index >= 15 is 0 Å². The second kappa shape index (κ2) is 8.08. The van der Waals surface area contributed by atoms with Crippen molar-refractivity contribution in [1.82, 2.24) is 5.32 Å². The summed E-state index contributed by atoms with van der Waals surface area (Å²) in [5.74, 6) is -1.52. The van der Waals surface area contributed by atoms with Gasteiger partial charge in [-0.2, -0.15) is 0 Å². The van der Waals surface area contributed by atoms with Crippen LogP contribution in [-0.4, -0.2) is 23.0 Å². The molecule has 23 heavy (non-hydrogen) atoms. The first kappa shape index (κ1) is 18.2. The topological polar surface area (TPSA) is 66.4 Å². The molecular formula is C16H12Br3NO3. The highest BCUT2D eigenvalue weighted by atomic mass is 79.9. The molecule has 1 atom stereocenters. The van der Waals surface area contributed by atoms with Crippen molar-refractivity contribution in [2.45, 2.75) is 12.5 Å². The highest BCUT2D eigenvalue weighted by Crippen LogP contribution is 2.21. The summed E-state index contributed by atoms with van der Waals surface area (Å²) in [6.07, 6.45) is 0.192. The van der Waals surface area contributed by atoms with Gasteiger partial charge in [0.25, 0.3) is 5.91 Å². The van der Waals surface area contributed by atoms with Gasteiger partial charge in [-0.15, -0.1) is 0 Å². The number of carboxylic acids is 1. The number of nitrogens with one attached hydrogen (secondary N) is 1. The molecule has 2 aromatic rings. The Bertz CT molecular complexity index is 729. The number of aliphatic carboxylic acids is 1. The fourth-order valence-electron chi connectivity index (χ4n) is 2.01. The first-order valence-corrected chi connectivity index (χ1v) is 8.98. The summed E-state index contributed by atoms with van der Waals surface area (Å²) in [4.78, 5) is 23.8. The SMILES string of the molecule is O=C(N[C@H](Cc1ccccc1Br)C(=O)O)c1cc(Br)cc(Br)c1. The maximum Gasteiger partial charge on any atom is 0.326 e. The van der Waals surface area contributed by atoms with Gasteiger partial charge in [0, 0.05) is 25.4 Å². The third kappa shape index (κ3) is 5.16. The van der Waals surface area contributed by atoms with E-state index in [1.54, 1.807) is 18.2 Å². The highest BCUT2D eigenvalue weighted by Gasteiger charge is 2.22. The summed E-state index contributed by atoms with van der Waals surface area (Å²) in [6.45, 7) is 0. The number of benzene rings is 2. The van der Waals surface area contributed by atoms with Gasteiger partial charge >= 0.3 is 5.97 Å². The quantitative estimate of drug-likeness (QED) is 0.633. The highest BCUT2D eigenvalue weighted by molar-refractivity contribution is 9.11. The Kier molecular flexibility index (Phi) is 6.38. The average Bonchev–Trinajstić information content (AvgIpc) is 2.47. The molecule has 0 aliphatic rings. The smallest absolute Gasteiger partial charge is 0.326 e. The zero-order valence-corrected chi connectivity index (χ0v) is 16.5. The van der Waals surface area contributed by atoms with Crippen molar-refractivity contribution in [3.63, 3.8) is 0 Å². The predicted molar refractivity (Wildman–Crippen MR) is 98.6 cm³/mol. The molecule has 1 amide bonds. The molecule has 7 heteroatoms. The predicted octanol–water partition coefficient (Wildman–Crippen LogP) is 4.40. The van der Waals surface area contributed by atoms with Crippen molar-refractivity contribution < 1.29 is 14.7 Å². The molecule has 4 nitrogen and oxygen atoms in total. The van der Waals surface area contributed by atoms with Crippen LogP contribution in [0.5, 0.6) is 0 Å². The Morgan fingerprint density at radius 3 is 2.22 bits per heavy atom. The second-order valence-electron chi connectivity index (χ2n) is 4.82. The third-order valence-electron chi connectivity index (χ3n) is 3.11. The molecule has 0 saturated heterocycles. The minimum absolute atomic E-state index is 0.192. The Balaban J connectivity index is 2.18. The normalized spacial score (nSPS) is 11.8. The monoisotopic (exact) mass is 503 g/mol. The van der Waals surface area contributed by atoms with Gasteiger partial charge in [0.2, 0.25) is 0 Å². The van der Waals surface area contributed by atoms with Gasteiger partial charge in [0.1, 0.15) is 6.04 Å². The molecule has 0 fully saturated rings. The lowest BCUT2D eigenvalue weighted by atomic mass is 10.1. The van der Waals surface area contributed by atoms with Crippen molar-refractivity contribution in [2.24, 2.45) is 0 Å². The van der Waals surface area contributed by atoms with Crippen LogP contribution in [0.2, 0.25) is 0 Å². The lowest BCUT2D eigenvalue weighted by molar-refractivity contribution is -0.139. The molecule has 2 aromatic carbocycles. The van der Waals surface area contributed by atoms with E-state index in [2.05, 4.69) is 53.1 Å². The molecule has 2 N–H and O–H groups in total. The summed E-state index contributed by atoms with van der Waals surface area (Å²) in [6, 6.07) is 11.4. The lowest BCUT2D eigenvalue weighted by Crippen LogP contribution is -2.42. The number of rotatable bonds is 5. The van der Waals surface area contributed by atoms with Crippen LogP contribution in [0.15, 0.2) is 55.9 Å². The molecular weight excluding hydrogens is 494 g/mol. The van der Waals surface area contributed by atoms with E-state index in [0.29, 0.717) is 5.56 Å². The minimum Gasteiger partial charge on any atom is -0.480 e. The van der Waals surface area contributed by atoms with E-state index in [0.717, 1.165) is 19.0 Å². The molecule has 0 aliphatic heterocycles. The van der Waals surface area contributed by atoms with E-state index in [1.807, 2.05) is 24.3 Å². The molecule has 2 rings (SSSR count). The van der Waals surface area contributed by atoms with Crippen molar-refractivity contribution in [3.8, 4) is 0 Å². The molecule has 0 aliphatic carbocycles. The van der Waals surface area contributed by atoms with E-state index in [4.69, 9.17) is 0 Å². The molecule has 0 bridgehead atoms. The zero-order chi connectivity index (χ0) is 17.0. The van der Waals surface area contributed by atoms with Gasteiger partial charge in [-0.3, -0.25) is 4.79 Å². The summed E-state index contributed by atoms with van der Waals surface area (Å²) < 4.78 is 2.27. The lowest BCUT2D eigenvalue weighted by Gasteiger charge is -2.16. The van der Waals surface area contributed by atoms with Crippen LogP contribution in [0.25, 0.3) is 0 Å². The Hall–Kier alpha value is -1.18. The van der Waals surface area contributed by atoms with Crippen LogP contribution >= 0.6 is 47.8 Å². The average molecular weight is 506 g/mol. The number of carboxylic acid groups (broad SMARTS) is 1. The summed E-state index contributed by atoms with van der Waals surface area (Å²) in [7, 11) is 0. The first-order valence-electron chi connectivity index (χ1n) is 6.60. The van der Waals surface area contributed by atoms with Crippen molar-refractivity contribution >= 4 is 59.7 Å². The Morgan fingerprint density at radius 1 is 1.04 bits per heavy atom. The minimum atomic E-state index is -1.08. The Morgan fingerprint density at radius 2 is 1.65 bits per heavy atom. The van der Waals surface area contributed by atoms with Crippen molar-refractivity contribution in [2.75, 3.05) is 0 Å². The third-order valence-corrected chi connectivity index (χ3v) is 4.80. The van der Waals surface area contributed by atoms with Gasteiger partial charge in [0.05, 0.1) is 0 Å². The van der Waals surface area contributed by atoms with Crippen LogP contribution < -0.4 is 5.32 Å². The largest absolute Gasteiger partial charge is 0.480 e. The van der Waals surface area contributed by atoms with Gasteiger partial charge in [-0.1, -0.05) is 66.0 Å². The maximum absolute atomic E-state index is 12.3. The first-order chi connectivity index (χ1) is 10.9. The van der Waals surface area contributed by atoms with Crippen LogP contribution in [0.1, 0.15) is 15.9 Å². The number of carbonyl (C=O) groups excluding carboxylic acids is 1. The van der Waals surface area contributed by atoms with Crippen LogP contribution in [-0.2, 0) is 11.2 Å². The van der Waals surface area contributed by atoms with Gasteiger partial charge < -0.3 is 10.4 Å². The number of hydrogen-bond acceptors (Lipinski definition) is 2. The molecule has 0 spiro atoms. The number of hydrogen-bond donors (Lipinski definition) is 2. The summed E-state index contributed by atoms with van der Waals surface area (Å²) >= 11 is 10.0. The van der Waals surface area contributed by atoms with Gasteiger partial charge in [0.15, 0.2) is 0 Å². The molecule has 120 valence electrons. The molecule has 0 saturated carbocycles. The van der Waals surface area contributed by atoms with E-state index in [-0.39, 0.29) is 6.42 Å². The number of amides is 1. The van der Waals surface area contributed by atoms with Crippen molar-refractivity contribution in [3.05, 3.63) is 67.0 Å². The van der Waals surface area contributed by atoms with Gasteiger partial charge in [-0.05, 0) is 29.8 Å². The molecule has 0 unspecified atom stereocenters. The van der Waals surface area contributed by atoms with Crippen LogP contribution in [0.4, 0.5) is 0 Å². The second-order valence-corrected chi connectivity index (χ2v) is 7.50. The number of halogens is 3. The van der Waals surface area contributed by atoms with E-state index in [1.165, 1.54) is 0 Å².